The number of hydrogen-bond donors (Lipinski definition) is 1. The maximum Gasteiger partial charge on any atom is 0.335 e. The second-order valence-corrected chi connectivity index (χ2v) is 5.95. The molecule has 1 aliphatic rings. The van der Waals surface area contributed by atoms with E-state index in [0.29, 0.717) is 30.2 Å². The number of amides is 1. The minimum absolute atomic E-state index is 0.106. The lowest BCUT2D eigenvalue weighted by molar-refractivity contribution is -0.130. The molecule has 6 nitrogen and oxygen atoms in total. The van der Waals surface area contributed by atoms with Crippen LogP contribution in [0.3, 0.4) is 0 Å². The SMILES string of the molecule is CN(CC1COc2ccccc2O1)C(=O)Cc1cccc(C(=O)O)c1. The Morgan fingerprint density at radius 3 is 2.68 bits per heavy atom. The largest absolute Gasteiger partial charge is 0.486 e. The van der Waals surface area contributed by atoms with Gasteiger partial charge >= 0.3 is 5.97 Å². The fraction of sp³-hybridized carbons (Fsp3) is 0.263. The number of para-hydroxylation sites is 2. The molecule has 1 N–H and O–H groups in total. The molecule has 1 heterocycles. The molecule has 0 saturated carbocycles. The molecule has 1 atom stereocenters. The molecule has 0 aromatic heterocycles. The Morgan fingerprint density at radius 2 is 1.92 bits per heavy atom. The molecule has 2 aromatic carbocycles. The Morgan fingerprint density at radius 1 is 1.16 bits per heavy atom. The molecule has 0 fully saturated rings. The van der Waals surface area contributed by atoms with Gasteiger partial charge in [0.15, 0.2) is 17.6 Å². The van der Waals surface area contributed by atoms with Crippen LogP contribution < -0.4 is 9.47 Å². The summed E-state index contributed by atoms with van der Waals surface area (Å²) < 4.78 is 11.5. The fourth-order valence-corrected chi connectivity index (χ4v) is 2.68. The average molecular weight is 341 g/mol. The first-order valence-corrected chi connectivity index (χ1v) is 7.97. The Labute approximate surface area is 145 Å². The van der Waals surface area contributed by atoms with Gasteiger partial charge in [-0.15, -0.1) is 0 Å². The lowest BCUT2D eigenvalue weighted by Crippen LogP contribution is -2.42. The highest BCUT2D eigenvalue weighted by Crippen LogP contribution is 2.30. The van der Waals surface area contributed by atoms with Crippen LogP contribution >= 0.6 is 0 Å². The summed E-state index contributed by atoms with van der Waals surface area (Å²) in [5.74, 6) is 0.269. The van der Waals surface area contributed by atoms with Crippen LogP contribution in [0, 0.1) is 0 Å². The third-order valence-corrected chi connectivity index (χ3v) is 4.00. The van der Waals surface area contributed by atoms with Crippen molar-refractivity contribution in [3.05, 3.63) is 59.7 Å². The van der Waals surface area contributed by atoms with Gasteiger partial charge in [-0.25, -0.2) is 4.79 Å². The van der Waals surface area contributed by atoms with Crippen molar-refractivity contribution in [2.75, 3.05) is 20.2 Å². The first-order valence-electron chi connectivity index (χ1n) is 7.97. The number of carboxylic acid groups (broad SMARTS) is 1. The van der Waals surface area contributed by atoms with E-state index in [-0.39, 0.29) is 24.0 Å². The predicted octanol–water partition coefficient (Wildman–Crippen LogP) is 2.23. The summed E-state index contributed by atoms with van der Waals surface area (Å²) in [5.41, 5.74) is 0.844. The number of nitrogens with zero attached hydrogens (tertiary/aromatic N) is 1. The average Bonchev–Trinajstić information content (AvgIpc) is 2.61. The van der Waals surface area contributed by atoms with E-state index in [1.165, 1.54) is 12.1 Å². The van der Waals surface area contributed by atoms with Crippen molar-refractivity contribution in [3.63, 3.8) is 0 Å². The molecule has 6 heteroatoms. The Bertz CT molecular complexity index is 789. The van der Waals surface area contributed by atoms with E-state index in [2.05, 4.69) is 0 Å². The van der Waals surface area contributed by atoms with E-state index in [1.54, 1.807) is 24.1 Å². The summed E-state index contributed by atoms with van der Waals surface area (Å²) >= 11 is 0. The highest BCUT2D eigenvalue weighted by Gasteiger charge is 2.23. The minimum atomic E-state index is -1.01. The van der Waals surface area contributed by atoms with Crippen molar-refractivity contribution in [1.29, 1.82) is 0 Å². The third-order valence-electron chi connectivity index (χ3n) is 4.00. The van der Waals surface area contributed by atoms with E-state index < -0.39 is 5.97 Å². The van der Waals surface area contributed by atoms with Crippen molar-refractivity contribution in [1.82, 2.24) is 4.90 Å². The maximum absolute atomic E-state index is 12.4. The van der Waals surface area contributed by atoms with Crippen LogP contribution in [0.15, 0.2) is 48.5 Å². The highest BCUT2D eigenvalue weighted by atomic mass is 16.6. The summed E-state index contributed by atoms with van der Waals surface area (Å²) in [4.78, 5) is 25.0. The van der Waals surface area contributed by atoms with Crippen molar-refractivity contribution in [2.24, 2.45) is 0 Å². The smallest absolute Gasteiger partial charge is 0.335 e. The number of carbonyl (C=O) groups is 2. The summed E-state index contributed by atoms with van der Waals surface area (Å²) in [5, 5.41) is 9.02. The monoisotopic (exact) mass is 341 g/mol. The van der Waals surface area contributed by atoms with Crippen LogP contribution in [0.2, 0.25) is 0 Å². The molecular formula is C19H19NO5. The van der Waals surface area contributed by atoms with Crippen LogP contribution in [-0.4, -0.2) is 48.2 Å². The summed E-state index contributed by atoms with van der Waals surface area (Å²) in [7, 11) is 1.70. The standard InChI is InChI=1S/C19H19NO5/c1-20(11-15-12-24-16-7-2-3-8-17(16)25-15)18(21)10-13-5-4-6-14(9-13)19(22)23/h2-9,15H,10-12H2,1H3,(H,22,23). The number of carbonyl (C=O) groups excluding carboxylic acids is 1. The molecular weight excluding hydrogens is 322 g/mol. The summed E-state index contributed by atoms with van der Waals surface area (Å²) in [6, 6.07) is 13.8. The summed E-state index contributed by atoms with van der Waals surface area (Å²) in [6.45, 7) is 0.773. The van der Waals surface area contributed by atoms with Gasteiger partial charge < -0.3 is 19.5 Å². The van der Waals surface area contributed by atoms with Gasteiger partial charge in [0.2, 0.25) is 5.91 Å². The van der Waals surface area contributed by atoms with Gasteiger partial charge in [0.25, 0.3) is 0 Å². The van der Waals surface area contributed by atoms with Crippen molar-refractivity contribution < 1.29 is 24.2 Å². The van der Waals surface area contributed by atoms with Crippen LogP contribution in [-0.2, 0) is 11.2 Å². The topological polar surface area (TPSA) is 76.1 Å². The van der Waals surface area contributed by atoms with Gasteiger partial charge in [-0.2, -0.15) is 0 Å². The fourth-order valence-electron chi connectivity index (χ4n) is 2.68. The zero-order valence-corrected chi connectivity index (χ0v) is 13.8. The van der Waals surface area contributed by atoms with Gasteiger partial charge in [0.05, 0.1) is 18.5 Å². The lowest BCUT2D eigenvalue weighted by Gasteiger charge is -2.29. The number of carboxylic acids is 1. The number of ether oxygens (including phenoxy) is 2. The van der Waals surface area contributed by atoms with E-state index in [0.717, 1.165) is 0 Å². The van der Waals surface area contributed by atoms with E-state index in [9.17, 15) is 9.59 Å². The predicted molar refractivity (Wildman–Crippen MR) is 91.1 cm³/mol. The second-order valence-electron chi connectivity index (χ2n) is 5.95. The molecule has 1 unspecified atom stereocenters. The molecule has 25 heavy (non-hydrogen) atoms. The normalized spacial score (nSPS) is 15.5. The number of likely N-dealkylation sites (N-methyl/N-ethyl adjacent to an activating group) is 1. The Kier molecular flexibility index (Phi) is 4.88. The molecule has 1 aliphatic heterocycles. The molecule has 0 spiro atoms. The zero-order chi connectivity index (χ0) is 17.8. The second kappa shape index (κ2) is 7.25. The van der Waals surface area contributed by atoms with Gasteiger partial charge in [-0.05, 0) is 29.8 Å². The molecule has 0 saturated heterocycles. The van der Waals surface area contributed by atoms with Crippen molar-refractivity contribution >= 4 is 11.9 Å². The molecule has 0 aliphatic carbocycles. The maximum atomic E-state index is 12.4. The van der Waals surface area contributed by atoms with Crippen LogP contribution in [0.1, 0.15) is 15.9 Å². The number of rotatable bonds is 5. The van der Waals surface area contributed by atoms with E-state index >= 15 is 0 Å². The van der Waals surface area contributed by atoms with Crippen LogP contribution in [0.5, 0.6) is 11.5 Å². The number of benzene rings is 2. The van der Waals surface area contributed by atoms with Crippen molar-refractivity contribution in [3.8, 4) is 11.5 Å². The number of hydrogen-bond acceptors (Lipinski definition) is 4. The first-order chi connectivity index (χ1) is 12.0. The van der Waals surface area contributed by atoms with Gasteiger partial charge in [0, 0.05) is 7.05 Å². The summed E-state index contributed by atoms with van der Waals surface area (Å²) in [6.07, 6.45) is -0.101. The first kappa shape index (κ1) is 16.8. The van der Waals surface area contributed by atoms with E-state index in [4.69, 9.17) is 14.6 Å². The molecule has 0 radical (unpaired) electrons. The molecule has 3 rings (SSSR count). The number of fused-ring (bicyclic) bond motifs is 1. The molecule has 0 bridgehead atoms. The molecule has 2 aromatic rings. The molecule has 130 valence electrons. The minimum Gasteiger partial charge on any atom is -0.486 e. The van der Waals surface area contributed by atoms with Crippen LogP contribution in [0.4, 0.5) is 0 Å². The van der Waals surface area contributed by atoms with Crippen LogP contribution in [0.25, 0.3) is 0 Å². The van der Waals surface area contributed by atoms with Gasteiger partial charge in [-0.3, -0.25) is 4.79 Å². The third kappa shape index (κ3) is 4.09. The Hall–Kier alpha value is -3.02. The zero-order valence-electron chi connectivity index (χ0n) is 13.8. The van der Waals surface area contributed by atoms with Crippen molar-refractivity contribution in [2.45, 2.75) is 12.5 Å². The quantitative estimate of drug-likeness (QED) is 0.902. The highest BCUT2D eigenvalue weighted by molar-refractivity contribution is 5.88. The van der Waals surface area contributed by atoms with E-state index in [1.807, 2.05) is 24.3 Å². The van der Waals surface area contributed by atoms with Gasteiger partial charge in [0.1, 0.15) is 6.61 Å². The number of aromatic carboxylic acids is 1. The van der Waals surface area contributed by atoms with Gasteiger partial charge in [-0.1, -0.05) is 24.3 Å². The molecule has 1 amide bonds. The Balaban J connectivity index is 1.58. The lowest BCUT2D eigenvalue weighted by atomic mass is 10.1.